The van der Waals surface area contributed by atoms with Crippen LogP contribution in [0, 0.1) is 11.6 Å². The summed E-state index contributed by atoms with van der Waals surface area (Å²) >= 11 is 7.92. The van der Waals surface area contributed by atoms with Gasteiger partial charge in [0.2, 0.25) is 0 Å². The Morgan fingerprint density at radius 1 is 1.38 bits per heavy atom. The number of benzene rings is 1. The van der Waals surface area contributed by atoms with Crippen LogP contribution in [0.2, 0.25) is 0 Å². The first-order chi connectivity index (χ1) is 10.1. The molecule has 2 aromatic rings. The molecule has 0 amide bonds. The number of halogens is 3. The van der Waals surface area contributed by atoms with E-state index < -0.39 is 11.6 Å². The lowest BCUT2D eigenvalue weighted by molar-refractivity contribution is 0.517. The predicted octanol–water partition coefficient (Wildman–Crippen LogP) is 4.90. The molecule has 1 heterocycles. The van der Waals surface area contributed by atoms with Gasteiger partial charge in [0.1, 0.15) is 17.2 Å². The van der Waals surface area contributed by atoms with Crippen molar-refractivity contribution in [3.05, 3.63) is 29.6 Å². The molecule has 114 valence electrons. The number of hydrogen-bond acceptors (Lipinski definition) is 2. The number of hydrogen-bond donors (Lipinski definition) is 0. The first-order valence-electron chi connectivity index (χ1n) is 7.17. The molecule has 0 radical (unpaired) electrons. The molecule has 0 aliphatic heterocycles. The molecule has 0 N–H and O–H groups in total. The van der Waals surface area contributed by atoms with Crippen molar-refractivity contribution in [1.82, 2.24) is 9.55 Å². The van der Waals surface area contributed by atoms with E-state index in [1.165, 1.54) is 6.07 Å². The maximum atomic E-state index is 13.9. The van der Waals surface area contributed by atoms with Gasteiger partial charge in [0.15, 0.2) is 5.82 Å². The summed E-state index contributed by atoms with van der Waals surface area (Å²) in [5.74, 6) is 0.738. The zero-order valence-electron chi connectivity index (χ0n) is 11.8. The van der Waals surface area contributed by atoms with Gasteiger partial charge in [-0.05, 0) is 31.1 Å². The van der Waals surface area contributed by atoms with E-state index in [1.807, 2.05) is 16.3 Å². The second kappa shape index (κ2) is 6.13. The molecule has 1 saturated carbocycles. The van der Waals surface area contributed by atoms with Gasteiger partial charge in [0.05, 0.1) is 11.4 Å². The summed E-state index contributed by atoms with van der Waals surface area (Å²) in [6, 6.07) is 2.47. The van der Waals surface area contributed by atoms with Crippen LogP contribution in [0.15, 0.2) is 12.1 Å². The highest BCUT2D eigenvalue weighted by atomic mass is 35.5. The molecule has 0 saturated heterocycles. The summed E-state index contributed by atoms with van der Waals surface area (Å²) in [5.41, 5.74) is 0.744. The highest BCUT2D eigenvalue weighted by molar-refractivity contribution is 7.99. The highest BCUT2D eigenvalue weighted by Gasteiger charge is 2.29. The number of aromatic nitrogens is 2. The molecule has 1 aromatic heterocycles. The lowest BCUT2D eigenvalue weighted by Crippen LogP contribution is -2.09. The summed E-state index contributed by atoms with van der Waals surface area (Å²) in [4.78, 5) is 4.27. The van der Waals surface area contributed by atoms with E-state index in [-0.39, 0.29) is 17.4 Å². The Balaban J connectivity index is 2.05. The Labute approximate surface area is 131 Å². The van der Waals surface area contributed by atoms with E-state index in [9.17, 15) is 8.78 Å². The first kappa shape index (κ1) is 15.1. The standard InChI is InChI=1S/C15H17ClF2N2S/c1-2-21-11-4-3-10(7-11)20-13-6-9(17)5-12(18)15(13)19-14(20)8-16/h5-6,10-11H,2-4,7-8H2,1H3. The minimum absolute atomic E-state index is 0.206. The predicted molar refractivity (Wildman–Crippen MR) is 84.0 cm³/mol. The minimum atomic E-state index is -0.618. The fourth-order valence-electron chi connectivity index (χ4n) is 3.21. The monoisotopic (exact) mass is 330 g/mol. The van der Waals surface area contributed by atoms with Gasteiger partial charge in [0.25, 0.3) is 0 Å². The Morgan fingerprint density at radius 3 is 2.90 bits per heavy atom. The van der Waals surface area contributed by atoms with Gasteiger partial charge in [-0.25, -0.2) is 13.8 Å². The fraction of sp³-hybridized carbons (Fsp3) is 0.533. The van der Waals surface area contributed by atoms with Crippen LogP contribution >= 0.6 is 23.4 Å². The van der Waals surface area contributed by atoms with Crippen LogP contribution in [-0.4, -0.2) is 20.6 Å². The van der Waals surface area contributed by atoms with Crippen LogP contribution in [-0.2, 0) is 5.88 Å². The SMILES string of the molecule is CCSC1CCC(n2c(CCl)nc3c(F)cc(F)cc32)C1. The average Bonchev–Trinajstić information content (AvgIpc) is 3.03. The molecule has 1 aromatic carbocycles. The zero-order chi connectivity index (χ0) is 15.0. The maximum Gasteiger partial charge on any atom is 0.153 e. The normalized spacial score (nSPS) is 22.3. The van der Waals surface area contributed by atoms with E-state index in [1.54, 1.807) is 0 Å². The number of nitrogens with zero attached hydrogens (tertiary/aromatic N) is 2. The largest absolute Gasteiger partial charge is 0.324 e. The van der Waals surface area contributed by atoms with Crippen molar-refractivity contribution in [3.63, 3.8) is 0 Å². The van der Waals surface area contributed by atoms with E-state index in [4.69, 9.17) is 11.6 Å². The molecular formula is C15H17ClF2N2S. The van der Waals surface area contributed by atoms with E-state index in [0.717, 1.165) is 31.1 Å². The number of imidazole rings is 1. The summed E-state index contributed by atoms with van der Waals surface area (Å²) in [6.45, 7) is 2.15. The Kier molecular flexibility index (Phi) is 4.41. The lowest BCUT2D eigenvalue weighted by atomic mass is 10.2. The average molecular weight is 331 g/mol. The molecule has 6 heteroatoms. The Bertz CT molecular complexity index is 659. The van der Waals surface area contributed by atoms with Crippen molar-refractivity contribution in [2.75, 3.05) is 5.75 Å². The van der Waals surface area contributed by atoms with Gasteiger partial charge < -0.3 is 4.57 Å². The highest BCUT2D eigenvalue weighted by Crippen LogP contribution is 2.39. The third kappa shape index (κ3) is 2.78. The van der Waals surface area contributed by atoms with Gasteiger partial charge in [-0.2, -0.15) is 11.8 Å². The van der Waals surface area contributed by atoms with Crippen LogP contribution < -0.4 is 0 Å². The maximum absolute atomic E-state index is 13.9. The molecule has 2 unspecified atom stereocenters. The van der Waals surface area contributed by atoms with Crippen molar-refractivity contribution >= 4 is 34.4 Å². The van der Waals surface area contributed by atoms with Crippen molar-refractivity contribution < 1.29 is 8.78 Å². The second-order valence-corrected chi connectivity index (χ2v) is 7.18. The molecule has 2 atom stereocenters. The summed E-state index contributed by atoms with van der Waals surface area (Å²) in [5, 5.41) is 0.610. The van der Waals surface area contributed by atoms with Crippen LogP contribution in [0.4, 0.5) is 8.78 Å². The summed E-state index contributed by atoms with van der Waals surface area (Å²) < 4.78 is 29.4. The van der Waals surface area contributed by atoms with Crippen LogP contribution in [0.1, 0.15) is 38.1 Å². The summed E-state index contributed by atoms with van der Waals surface area (Å²) in [6.07, 6.45) is 3.14. The third-order valence-corrected chi connectivity index (χ3v) is 5.50. The minimum Gasteiger partial charge on any atom is -0.324 e. The third-order valence-electron chi connectivity index (χ3n) is 4.03. The smallest absolute Gasteiger partial charge is 0.153 e. The van der Waals surface area contributed by atoms with E-state index in [0.29, 0.717) is 16.6 Å². The van der Waals surface area contributed by atoms with Crippen molar-refractivity contribution in [3.8, 4) is 0 Å². The van der Waals surface area contributed by atoms with Crippen molar-refractivity contribution in [1.29, 1.82) is 0 Å². The van der Waals surface area contributed by atoms with Crippen molar-refractivity contribution in [2.24, 2.45) is 0 Å². The zero-order valence-corrected chi connectivity index (χ0v) is 13.4. The Morgan fingerprint density at radius 2 is 2.19 bits per heavy atom. The first-order valence-corrected chi connectivity index (χ1v) is 8.75. The molecule has 0 spiro atoms. The molecule has 3 rings (SSSR count). The van der Waals surface area contributed by atoms with Gasteiger partial charge in [-0.15, -0.1) is 11.6 Å². The molecule has 1 aliphatic carbocycles. The van der Waals surface area contributed by atoms with Gasteiger partial charge >= 0.3 is 0 Å². The Hall–Kier alpha value is -0.810. The number of alkyl halides is 1. The van der Waals surface area contributed by atoms with Gasteiger partial charge in [-0.3, -0.25) is 0 Å². The molecule has 21 heavy (non-hydrogen) atoms. The molecule has 1 aliphatic rings. The van der Waals surface area contributed by atoms with Gasteiger partial charge in [-0.1, -0.05) is 6.92 Å². The molecular weight excluding hydrogens is 314 g/mol. The molecule has 2 nitrogen and oxygen atoms in total. The second-order valence-electron chi connectivity index (χ2n) is 5.33. The van der Waals surface area contributed by atoms with Gasteiger partial charge in [0, 0.05) is 17.4 Å². The van der Waals surface area contributed by atoms with Crippen LogP contribution in [0.3, 0.4) is 0 Å². The number of rotatable bonds is 4. The summed E-state index contributed by atoms with van der Waals surface area (Å²) in [7, 11) is 0. The van der Waals surface area contributed by atoms with E-state index >= 15 is 0 Å². The number of thioether (sulfide) groups is 1. The lowest BCUT2D eigenvalue weighted by Gasteiger charge is -2.16. The van der Waals surface area contributed by atoms with E-state index in [2.05, 4.69) is 11.9 Å². The topological polar surface area (TPSA) is 17.8 Å². The van der Waals surface area contributed by atoms with Crippen molar-refractivity contribution in [2.45, 2.75) is 43.4 Å². The molecule has 1 fully saturated rings. The van der Waals surface area contributed by atoms with Crippen LogP contribution in [0.5, 0.6) is 0 Å². The fourth-order valence-corrected chi connectivity index (χ4v) is 4.53. The number of fused-ring (bicyclic) bond motifs is 1. The molecule has 0 bridgehead atoms. The van der Waals surface area contributed by atoms with Crippen LogP contribution in [0.25, 0.3) is 11.0 Å². The quantitative estimate of drug-likeness (QED) is 0.742.